The fourth-order valence-corrected chi connectivity index (χ4v) is 9.23. The molecular weight excluding hydrogens is 859 g/mol. The summed E-state index contributed by atoms with van der Waals surface area (Å²) < 4.78 is 8.99. The molecule has 0 radical (unpaired) electrons. The van der Waals surface area contributed by atoms with Crippen molar-refractivity contribution < 1.29 is 4.42 Å². The first-order valence-electron chi connectivity index (χ1n) is 22.8. The summed E-state index contributed by atoms with van der Waals surface area (Å²) in [5, 5.41) is 4.35. The Kier molecular flexibility index (Phi) is 12.6. The van der Waals surface area contributed by atoms with E-state index in [2.05, 4.69) is 144 Å². The summed E-state index contributed by atoms with van der Waals surface area (Å²) in [7, 11) is 1.73. The van der Waals surface area contributed by atoms with Crippen molar-refractivity contribution in [3.8, 4) is 73.0 Å². The van der Waals surface area contributed by atoms with Gasteiger partial charge in [0.15, 0.2) is 0 Å². The molecule has 0 saturated carbocycles. The Bertz CT molecular complexity index is 3720. The van der Waals surface area contributed by atoms with Crippen molar-refractivity contribution in [1.29, 1.82) is 0 Å². The molecule has 0 saturated heterocycles. The fourth-order valence-electron chi connectivity index (χ4n) is 9.23. The Morgan fingerprint density at radius 1 is 0.429 bits per heavy atom. The van der Waals surface area contributed by atoms with Crippen molar-refractivity contribution >= 4 is 50.0 Å². The first-order chi connectivity index (χ1) is 34.2. The van der Waals surface area contributed by atoms with Crippen LogP contribution in [0, 0.1) is 0 Å². The summed E-state index contributed by atoms with van der Waals surface area (Å²) in [5.74, 6) is 0. The minimum absolute atomic E-state index is 0. The zero-order chi connectivity index (χ0) is 46.5. The molecule has 336 valence electrons. The van der Waals surface area contributed by atoms with E-state index in [4.69, 9.17) is 24.4 Å². The smallest absolute Gasteiger partial charge is 0.136 e. The molecule has 12 aromatic rings. The number of nitrogens with zero attached hydrogens (tertiary/aromatic N) is 6. The summed E-state index contributed by atoms with van der Waals surface area (Å²) >= 11 is 0. The van der Waals surface area contributed by atoms with Crippen LogP contribution in [0.2, 0.25) is 0 Å². The van der Waals surface area contributed by atoms with Crippen LogP contribution in [-0.4, -0.2) is 37.8 Å². The predicted octanol–water partition coefficient (Wildman–Crippen LogP) is 15.9. The quantitative estimate of drug-likeness (QED) is 0.114. The molecule has 6 heterocycles. The van der Waals surface area contributed by atoms with Gasteiger partial charge in [0.05, 0.1) is 33.8 Å². The standard InChI is InChI=1S/C56H35N5O.C6H9N.H3N/c1-3-15-41(49-17-5-9-27-57-49)39(13-1)36-21-24-53-45(31-36)46-32-37(40-14-2-4-16-42(40)50-18-6-10-28-58-50)22-25-54(46)61(53)38-23-26-55-47(33-38)48-34-43(51-19-7-11-29-59-51)44(35-56(48)62-55)52-20-8-12-30-60-52;1-3-4-5-6-7-2;/h1-35H;3-6H,1H2,2H3;1H3/b;5-4-,7-6?;. The number of pyridine rings is 4. The van der Waals surface area contributed by atoms with E-state index < -0.39 is 0 Å². The Morgan fingerprint density at radius 2 is 0.886 bits per heavy atom. The maximum Gasteiger partial charge on any atom is 0.136 e. The van der Waals surface area contributed by atoms with Gasteiger partial charge >= 0.3 is 0 Å². The summed E-state index contributed by atoms with van der Waals surface area (Å²) in [6, 6.07) is 65.7. The van der Waals surface area contributed by atoms with Crippen LogP contribution in [0.25, 0.3) is 117 Å². The van der Waals surface area contributed by atoms with Crippen molar-refractivity contribution in [3.63, 3.8) is 0 Å². The molecule has 0 amide bonds. The number of aromatic nitrogens is 5. The zero-order valence-corrected chi connectivity index (χ0v) is 38.5. The van der Waals surface area contributed by atoms with E-state index >= 15 is 0 Å². The lowest BCUT2D eigenvalue weighted by atomic mass is 9.94. The Morgan fingerprint density at radius 3 is 1.36 bits per heavy atom. The molecule has 0 aliphatic rings. The maximum atomic E-state index is 6.61. The van der Waals surface area contributed by atoms with Gasteiger partial charge in [-0.15, -0.1) is 0 Å². The molecule has 6 aromatic carbocycles. The summed E-state index contributed by atoms with van der Waals surface area (Å²) in [6.07, 6.45) is 14.4. The van der Waals surface area contributed by atoms with E-state index in [0.29, 0.717) is 0 Å². The van der Waals surface area contributed by atoms with Crippen LogP contribution in [-0.2, 0) is 0 Å². The van der Waals surface area contributed by atoms with Gasteiger partial charge in [-0.1, -0.05) is 104 Å². The Balaban J connectivity index is 0.000000662. The van der Waals surface area contributed by atoms with E-state index in [1.807, 2.05) is 97.6 Å². The third kappa shape index (κ3) is 8.47. The normalized spacial score (nSPS) is 11.3. The van der Waals surface area contributed by atoms with Gasteiger partial charge in [0.1, 0.15) is 11.2 Å². The molecule has 0 atom stereocenters. The molecule has 8 nitrogen and oxygen atoms in total. The van der Waals surface area contributed by atoms with E-state index in [9.17, 15) is 0 Å². The van der Waals surface area contributed by atoms with Gasteiger partial charge in [-0.3, -0.25) is 24.9 Å². The first kappa shape index (κ1) is 44.5. The number of aliphatic imine (C=N–C) groups is 1. The summed E-state index contributed by atoms with van der Waals surface area (Å²) in [5.41, 5.74) is 17.2. The maximum absolute atomic E-state index is 6.61. The minimum atomic E-state index is 0. The molecule has 8 heteroatoms. The summed E-state index contributed by atoms with van der Waals surface area (Å²) in [4.78, 5) is 22.7. The molecule has 12 rings (SSSR count). The summed E-state index contributed by atoms with van der Waals surface area (Å²) in [6.45, 7) is 3.48. The number of hydrogen-bond donors (Lipinski definition) is 1. The highest BCUT2D eigenvalue weighted by molar-refractivity contribution is 6.13. The van der Waals surface area contributed by atoms with Gasteiger partial charge in [0.25, 0.3) is 0 Å². The molecule has 0 fully saturated rings. The van der Waals surface area contributed by atoms with Crippen molar-refractivity contribution in [1.82, 2.24) is 30.7 Å². The lowest BCUT2D eigenvalue weighted by Crippen LogP contribution is -1.94. The van der Waals surface area contributed by atoms with Crippen LogP contribution >= 0.6 is 0 Å². The van der Waals surface area contributed by atoms with Crippen LogP contribution < -0.4 is 6.15 Å². The average Bonchev–Trinajstić information content (AvgIpc) is 3.95. The number of hydrogen-bond acceptors (Lipinski definition) is 7. The SMILES string of the molecule is C=C/C=C\C=NC.N.c1ccc(-c2ccccc2-c2ccc3c(c2)c2cc(-c4ccccc4-c4ccccn4)ccc2n3-c2ccc3oc4cc(-c5ccccn5)c(-c5ccccn5)cc4c3c2)nc1. The minimum Gasteiger partial charge on any atom is -0.456 e. The van der Waals surface area contributed by atoms with Crippen LogP contribution in [0.3, 0.4) is 0 Å². The highest BCUT2D eigenvalue weighted by Crippen LogP contribution is 2.43. The van der Waals surface area contributed by atoms with E-state index in [0.717, 1.165) is 117 Å². The van der Waals surface area contributed by atoms with Gasteiger partial charge in [-0.05, 0) is 131 Å². The van der Waals surface area contributed by atoms with Gasteiger partial charge in [-0.25, -0.2) is 0 Å². The van der Waals surface area contributed by atoms with E-state index in [-0.39, 0.29) is 6.15 Å². The second-order valence-electron chi connectivity index (χ2n) is 16.5. The lowest BCUT2D eigenvalue weighted by Gasteiger charge is -2.11. The Labute approximate surface area is 405 Å². The Hall–Kier alpha value is -9.37. The third-order valence-electron chi connectivity index (χ3n) is 12.3. The number of benzene rings is 6. The van der Waals surface area contributed by atoms with Crippen LogP contribution in [0.5, 0.6) is 0 Å². The highest BCUT2D eigenvalue weighted by atomic mass is 16.3. The average molecular weight is 906 g/mol. The van der Waals surface area contributed by atoms with E-state index in [1.54, 1.807) is 19.3 Å². The molecule has 6 aromatic heterocycles. The predicted molar refractivity (Wildman–Crippen MR) is 291 cm³/mol. The van der Waals surface area contributed by atoms with Crippen molar-refractivity contribution in [2.75, 3.05) is 7.05 Å². The molecule has 0 unspecified atom stereocenters. The largest absolute Gasteiger partial charge is 0.456 e. The molecular formula is C62H47N7O. The van der Waals surface area contributed by atoms with Crippen molar-refractivity contribution in [2.45, 2.75) is 0 Å². The van der Waals surface area contributed by atoms with Crippen LogP contribution in [0.4, 0.5) is 0 Å². The first-order valence-corrected chi connectivity index (χ1v) is 22.8. The molecule has 0 spiro atoms. The second kappa shape index (κ2) is 19.8. The zero-order valence-electron chi connectivity index (χ0n) is 38.5. The number of fused-ring (bicyclic) bond motifs is 6. The van der Waals surface area contributed by atoms with Crippen molar-refractivity contribution in [2.24, 2.45) is 4.99 Å². The van der Waals surface area contributed by atoms with Gasteiger partial charge in [-0.2, -0.15) is 0 Å². The van der Waals surface area contributed by atoms with Crippen molar-refractivity contribution in [3.05, 3.63) is 238 Å². The molecule has 0 aliphatic carbocycles. The molecule has 0 bridgehead atoms. The fraction of sp³-hybridized carbons (Fsp3) is 0.0161. The number of allylic oxidation sites excluding steroid dienone is 3. The van der Waals surface area contributed by atoms with Gasteiger partial charge < -0.3 is 15.1 Å². The molecule has 0 aliphatic heterocycles. The van der Waals surface area contributed by atoms with Gasteiger partial charge in [0.2, 0.25) is 0 Å². The van der Waals surface area contributed by atoms with Gasteiger partial charge in [0, 0.05) is 87.5 Å². The molecule has 3 N–H and O–H groups in total. The number of rotatable bonds is 9. The monoisotopic (exact) mass is 905 g/mol. The molecule has 70 heavy (non-hydrogen) atoms. The van der Waals surface area contributed by atoms with E-state index in [1.165, 1.54) is 0 Å². The highest BCUT2D eigenvalue weighted by Gasteiger charge is 2.20. The number of furan rings is 1. The topological polar surface area (TPSA) is 117 Å². The van der Waals surface area contributed by atoms with Crippen LogP contribution in [0.1, 0.15) is 0 Å². The van der Waals surface area contributed by atoms with Crippen LogP contribution in [0.15, 0.2) is 247 Å². The second-order valence-corrected chi connectivity index (χ2v) is 16.5. The lowest BCUT2D eigenvalue weighted by molar-refractivity contribution is 0.669. The third-order valence-corrected chi connectivity index (χ3v) is 12.3.